The molecule has 3 aromatic rings. The van der Waals surface area contributed by atoms with E-state index >= 15 is 0 Å². The van der Waals surface area contributed by atoms with Crippen LogP contribution in [0.5, 0.6) is 5.75 Å². The minimum absolute atomic E-state index is 0.0503. The van der Waals surface area contributed by atoms with Gasteiger partial charge in [-0.05, 0) is 41.0 Å². The molecule has 0 aliphatic rings. The Hall–Kier alpha value is -3.56. The second-order valence-corrected chi connectivity index (χ2v) is 6.23. The van der Waals surface area contributed by atoms with Crippen LogP contribution in [0.15, 0.2) is 35.6 Å². The number of H-pyrrole nitrogens is 1. The Bertz CT molecular complexity index is 997. The van der Waals surface area contributed by atoms with Gasteiger partial charge in [0, 0.05) is 5.56 Å². The minimum atomic E-state index is -1.36. The number of benzene rings is 1. The maximum Gasteiger partial charge on any atom is 0.343 e. The van der Waals surface area contributed by atoms with Crippen molar-refractivity contribution in [3.05, 3.63) is 46.8 Å². The van der Waals surface area contributed by atoms with Gasteiger partial charge in [0.2, 0.25) is 0 Å². The number of ether oxygens (including phenoxy) is 1. The van der Waals surface area contributed by atoms with Gasteiger partial charge >= 0.3 is 5.97 Å². The lowest BCUT2D eigenvalue weighted by molar-refractivity contribution is 0.0695. The maximum atomic E-state index is 11.9. The fourth-order valence-corrected chi connectivity index (χ4v) is 2.46. The zero-order valence-electron chi connectivity index (χ0n) is 14.8. The van der Waals surface area contributed by atoms with Crippen molar-refractivity contribution >= 4 is 5.97 Å². The lowest BCUT2D eigenvalue weighted by Gasteiger charge is -2.13. The highest BCUT2D eigenvalue weighted by molar-refractivity contribution is 5.94. The Morgan fingerprint density at radius 3 is 2.85 bits per heavy atom. The topological polar surface area (TPSA) is 136 Å². The monoisotopic (exact) mass is 370 g/mol. The second-order valence-electron chi connectivity index (χ2n) is 6.23. The molecule has 0 unspecified atom stereocenters. The van der Waals surface area contributed by atoms with Crippen molar-refractivity contribution in [2.75, 3.05) is 6.61 Å². The second kappa shape index (κ2) is 7.77. The molecule has 0 radical (unpaired) electrons. The van der Waals surface area contributed by atoms with E-state index in [4.69, 9.17) is 4.74 Å². The largest absolute Gasteiger partial charge is 0.491 e. The highest BCUT2D eigenvalue weighted by Crippen LogP contribution is 2.29. The summed E-state index contributed by atoms with van der Waals surface area (Å²) in [6, 6.07) is 4.96. The van der Waals surface area contributed by atoms with Gasteiger partial charge in [0.05, 0.1) is 18.6 Å². The fourth-order valence-electron chi connectivity index (χ4n) is 2.46. The molecule has 0 saturated heterocycles. The molecule has 2 N–H and O–H groups in total. The SMILES string of the molecule is CC(C)CCOc1ccc(-c2nc[nH]c(=O)c2C(=O)O)cc1-n1cnnn1. The van der Waals surface area contributed by atoms with E-state index in [2.05, 4.69) is 39.3 Å². The van der Waals surface area contributed by atoms with E-state index in [0.29, 0.717) is 29.5 Å². The number of rotatable bonds is 7. The Morgan fingerprint density at radius 1 is 1.37 bits per heavy atom. The average molecular weight is 370 g/mol. The summed E-state index contributed by atoms with van der Waals surface area (Å²) in [5.74, 6) is -0.340. The highest BCUT2D eigenvalue weighted by atomic mass is 16.5. The first-order valence-corrected chi connectivity index (χ1v) is 8.29. The van der Waals surface area contributed by atoms with Crippen LogP contribution in [0.2, 0.25) is 0 Å². The van der Waals surface area contributed by atoms with Crippen LogP contribution >= 0.6 is 0 Å². The third-order valence-corrected chi connectivity index (χ3v) is 3.85. The van der Waals surface area contributed by atoms with Crippen molar-refractivity contribution in [3.8, 4) is 22.7 Å². The number of nitrogens with zero attached hydrogens (tertiary/aromatic N) is 5. The summed E-state index contributed by atoms with van der Waals surface area (Å²) in [6.45, 7) is 4.71. The first kappa shape index (κ1) is 18.2. The number of aromatic amines is 1. The number of carbonyl (C=O) groups is 1. The molecule has 10 nitrogen and oxygen atoms in total. The number of aromatic carboxylic acids is 1. The predicted molar refractivity (Wildman–Crippen MR) is 94.9 cm³/mol. The maximum absolute atomic E-state index is 11.9. The molecule has 27 heavy (non-hydrogen) atoms. The first-order chi connectivity index (χ1) is 13.0. The summed E-state index contributed by atoms with van der Waals surface area (Å²) >= 11 is 0. The van der Waals surface area contributed by atoms with Crippen molar-refractivity contribution < 1.29 is 14.6 Å². The van der Waals surface area contributed by atoms with Crippen LogP contribution in [0.1, 0.15) is 30.6 Å². The van der Waals surface area contributed by atoms with E-state index in [1.54, 1.807) is 18.2 Å². The first-order valence-electron chi connectivity index (χ1n) is 8.29. The summed E-state index contributed by atoms with van der Waals surface area (Å²) in [7, 11) is 0. The van der Waals surface area contributed by atoms with Crippen LogP contribution in [0.4, 0.5) is 0 Å². The molecule has 0 spiro atoms. The smallest absolute Gasteiger partial charge is 0.343 e. The molecule has 0 saturated carbocycles. The molecule has 0 aliphatic heterocycles. The average Bonchev–Trinajstić information content (AvgIpc) is 3.15. The number of carboxylic acid groups (broad SMARTS) is 1. The van der Waals surface area contributed by atoms with E-state index < -0.39 is 17.1 Å². The van der Waals surface area contributed by atoms with E-state index in [-0.39, 0.29) is 5.69 Å². The summed E-state index contributed by atoms with van der Waals surface area (Å²) in [6.07, 6.45) is 3.43. The van der Waals surface area contributed by atoms with Gasteiger partial charge in [0.25, 0.3) is 5.56 Å². The van der Waals surface area contributed by atoms with Crippen LogP contribution in [0.25, 0.3) is 16.9 Å². The van der Waals surface area contributed by atoms with Gasteiger partial charge in [-0.2, -0.15) is 4.68 Å². The van der Waals surface area contributed by atoms with E-state index in [0.717, 1.165) is 12.7 Å². The van der Waals surface area contributed by atoms with Crippen molar-refractivity contribution in [1.82, 2.24) is 30.2 Å². The zero-order chi connectivity index (χ0) is 19.4. The molecule has 140 valence electrons. The molecule has 0 atom stereocenters. The molecule has 0 amide bonds. The number of nitrogens with one attached hydrogen (secondary N) is 1. The summed E-state index contributed by atoms with van der Waals surface area (Å²) in [5.41, 5.74) is -0.170. The number of aromatic nitrogens is 6. The van der Waals surface area contributed by atoms with Crippen LogP contribution in [-0.4, -0.2) is 47.9 Å². The molecule has 0 bridgehead atoms. The van der Waals surface area contributed by atoms with Crippen molar-refractivity contribution in [3.63, 3.8) is 0 Å². The van der Waals surface area contributed by atoms with E-state index in [1.807, 2.05) is 0 Å². The van der Waals surface area contributed by atoms with Crippen LogP contribution < -0.4 is 10.3 Å². The normalized spacial score (nSPS) is 10.9. The quantitative estimate of drug-likeness (QED) is 0.639. The van der Waals surface area contributed by atoms with Crippen molar-refractivity contribution in [2.45, 2.75) is 20.3 Å². The summed E-state index contributed by atoms with van der Waals surface area (Å²) < 4.78 is 7.25. The van der Waals surface area contributed by atoms with Crippen LogP contribution in [0, 0.1) is 5.92 Å². The Labute approximate surface area is 153 Å². The van der Waals surface area contributed by atoms with Gasteiger partial charge in [0.1, 0.15) is 17.8 Å². The van der Waals surface area contributed by atoms with Crippen LogP contribution in [-0.2, 0) is 0 Å². The lowest BCUT2D eigenvalue weighted by Crippen LogP contribution is -2.19. The molecule has 1 aromatic carbocycles. The predicted octanol–water partition coefficient (Wildman–Crippen LogP) is 1.54. The summed E-state index contributed by atoms with van der Waals surface area (Å²) in [5, 5.41) is 20.5. The summed E-state index contributed by atoms with van der Waals surface area (Å²) in [4.78, 5) is 29.7. The van der Waals surface area contributed by atoms with Gasteiger partial charge in [-0.15, -0.1) is 5.10 Å². The number of tetrazole rings is 1. The standard InChI is InChI=1S/C17H18N6O4/c1-10(2)5-6-27-13-4-3-11(7-12(13)23-9-20-21-22-23)15-14(17(25)26)16(24)19-8-18-15/h3-4,7-10H,5-6H2,1-2H3,(H,25,26)(H,18,19,24). The molecule has 0 fully saturated rings. The molecular weight excluding hydrogens is 352 g/mol. The van der Waals surface area contributed by atoms with Gasteiger partial charge < -0.3 is 14.8 Å². The van der Waals surface area contributed by atoms with Gasteiger partial charge in [-0.1, -0.05) is 13.8 Å². The van der Waals surface area contributed by atoms with E-state index in [1.165, 1.54) is 11.0 Å². The number of hydrogen-bond acceptors (Lipinski definition) is 7. The Kier molecular flexibility index (Phi) is 5.25. The molecule has 3 rings (SSSR count). The Balaban J connectivity index is 2.07. The number of hydrogen-bond donors (Lipinski definition) is 2. The third-order valence-electron chi connectivity index (χ3n) is 3.85. The van der Waals surface area contributed by atoms with Crippen LogP contribution in [0.3, 0.4) is 0 Å². The van der Waals surface area contributed by atoms with Gasteiger partial charge in [-0.3, -0.25) is 4.79 Å². The Morgan fingerprint density at radius 2 is 2.19 bits per heavy atom. The highest BCUT2D eigenvalue weighted by Gasteiger charge is 2.19. The molecule has 2 aromatic heterocycles. The van der Waals surface area contributed by atoms with E-state index in [9.17, 15) is 14.7 Å². The molecular formula is C17H18N6O4. The lowest BCUT2D eigenvalue weighted by atomic mass is 10.1. The zero-order valence-corrected chi connectivity index (χ0v) is 14.8. The van der Waals surface area contributed by atoms with Crippen molar-refractivity contribution in [2.24, 2.45) is 5.92 Å². The van der Waals surface area contributed by atoms with Crippen molar-refractivity contribution in [1.29, 1.82) is 0 Å². The minimum Gasteiger partial charge on any atom is -0.491 e. The van der Waals surface area contributed by atoms with Gasteiger partial charge in [-0.25, -0.2) is 9.78 Å². The molecule has 0 aliphatic carbocycles. The number of carboxylic acids is 1. The third kappa shape index (κ3) is 4.00. The fraction of sp³-hybridized carbons (Fsp3) is 0.294. The van der Waals surface area contributed by atoms with Gasteiger partial charge in [0.15, 0.2) is 5.56 Å². The molecule has 2 heterocycles. The molecule has 10 heteroatoms.